The Hall–Kier alpha value is -0.510. The maximum atomic E-state index is 12.4. The number of hydrogen-bond acceptors (Lipinski definition) is 1. The summed E-state index contributed by atoms with van der Waals surface area (Å²) in [6.07, 6.45) is 4.80. The highest BCUT2D eigenvalue weighted by Gasteiger charge is 2.64. The first-order valence-electron chi connectivity index (χ1n) is 9.05. The number of allylic oxidation sites excluding steroid dienone is 1. The van der Waals surface area contributed by atoms with Crippen LogP contribution in [0.25, 0.3) is 0 Å². The summed E-state index contributed by atoms with van der Waals surface area (Å²) in [7, 11) is 0. The first kappa shape index (κ1) is 17.3. The van der Waals surface area contributed by atoms with Crippen molar-refractivity contribution in [2.75, 3.05) is 0 Å². The second kappa shape index (κ2) is 5.50. The van der Waals surface area contributed by atoms with Crippen molar-refractivity contribution in [3.63, 3.8) is 0 Å². The molecule has 132 valence electrons. The molecule has 1 heterocycles. The van der Waals surface area contributed by atoms with Crippen LogP contribution in [0.15, 0.2) is 11.6 Å². The fraction of sp³-hybridized carbons (Fsp3) is 0.895. The van der Waals surface area contributed by atoms with E-state index < -0.39 is 12.6 Å². The molecule has 3 aliphatic rings. The Morgan fingerprint density at radius 2 is 1.91 bits per heavy atom. The van der Waals surface area contributed by atoms with E-state index in [1.165, 1.54) is 18.4 Å². The molecule has 0 N–H and O–H groups in total. The van der Waals surface area contributed by atoms with E-state index in [4.69, 9.17) is 4.74 Å². The third-order valence-electron chi connectivity index (χ3n) is 6.74. The highest BCUT2D eigenvalue weighted by molar-refractivity contribution is 5.31. The number of unbranched alkanes of at least 4 members (excludes halogenated alkanes) is 1. The van der Waals surface area contributed by atoms with Gasteiger partial charge in [0.25, 0.3) is 0 Å². The van der Waals surface area contributed by atoms with Crippen molar-refractivity contribution in [1.29, 1.82) is 0 Å². The van der Waals surface area contributed by atoms with Crippen molar-refractivity contribution in [1.82, 2.24) is 0 Å². The monoisotopic (exact) mass is 330 g/mol. The molecule has 4 heteroatoms. The lowest BCUT2D eigenvalue weighted by atomic mass is 9.55. The molecule has 23 heavy (non-hydrogen) atoms. The zero-order valence-corrected chi connectivity index (χ0v) is 14.6. The second-order valence-electron chi connectivity index (χ2n) is 8.62. The molecule has 1 aliphatic heterocycles. The van der Waals surface area contributed by atoms with Crippen molar-refractivity contribution in [3.8, 4) is 0 Å². The summed E-state index contributed by atoms with van der Waals surface area (Å²) in [4.78, 5) is 0. The average molecular weight is 330 g/mol. The van der Waals surface area contributed by atoms with E-state index in [0.29, 0.717) is 12.3 Å². The third-order valence-corrected chi connectivity index (χ3v) is 6.74. The van der Waals surface area contributed by atoms with Crippen molar-refractivity contribution in [2.24, 2.45) is 11.3 Å². The highest BCUT2D eigenvalue weighted by atomic mass is 19.4. The molecule has 3 atom stereocenters. The SMILES string of the molecule is CC1(C)O[C@]23C[C@H]1CC[C@]2(C)CCC=C3CCCCC(F)(F)F. The molecule has 2 fully saturated rings. The Morgan fingerprint density at radius 3 is 2.61 bits per heavy atom. The Morgan fingerprint density at radius 1 is 1.17 bits per heavy atom. The lowest BCUT2D eigenvalue weighted by Gasteiger charge is -2.52. The van der Waals surface area contributed by atoms with Gasteiger partial charge in [-0.3, -0.25) is 0 Å². The third kappa shape index (κ3) is 2.96. The minimum atomic E-state index is -4.03. The van der Waals surface area contributed by atoms with Crippen LogP contribution in [0.5, 0.6) is 0 Å². The Bertz CT molecular complexity index is 493. The quantitative estimate of drug-likeness (QED) is 0.441. The number of fused-ring (bicyclic) bond motifs is 1. The van der Waals surface area contributed by atoms with Gasteiger partial charge in [-0.2, -0.15) is 13.2 Å². The van der Waals surface area contributed by atoms with E-state index >= 15 is 0 Å². The highest BCUT2D eigenvalue weighted by Crippen LogP contribution is 2.65. The zero-order valence-electron chi connectivity index (χ0n) is 14.6. The fourth-order valence-electron chi connectivity index (χ4n) is 5.27. The lowest BCUT2D eigenvalue weighted by molar-refractivity contribution is -0.137. The molecule has 0 radical (unpaired) electrons. The predicted octanol–water partition coefficient (Wildman–Crippen LogP) is 6.18. The molecule has 1 saturated carbocycles. The van der Waals surface area contributed by atoms with Crippen LogP contribution in [0.1, 0.15) is 78.6 Å². The summed E-state index contributed by atoms with van der Waals surface area (Å²) in [6, 6.07) is 0. The number of ether oxygens (including phenoxy) is 1. The van der Waals surface area contributed by atoms with Crippen LogP contribution in [0, 0.1) is 11.3 Å². The van der Waals surface area contributed by atoms with E-state index in [1.807, 2.05) is 0 Å². The predicted molar refractivity (Wildman–Crippen MR) is 85.2 cm³/mol. The van der Waals surface area contributed by atoms with E-state index in [-0.39, 0.29) is 23.0 Å². The lowest BCUT2D eigenvalue weighted by Crippen LogP contribution is -2.51. The summed E-state index contributed by atoms with van der Waals surface area (Å²) in [6.45, 7) is 6.72. The van der Waals surface area contributed by atoms with Crippen molar-refractivity contribution in [2.45, 2.75) is 95.9 Å². The van der Waals surface area contributed by atoms with Crippen molar-refractivity contribution >= 4 is 0 Å². The van der Waals surface area contributed by atoms with Crippen LogP contribution < -0.4 is 0 Å². The van der Waals surface area contributed by atoms with Crippen LogP contribution in [0.4, 0.5) is 13.2 Å². The van der Waals surface area contributed by atoms with Gasteiger partial charge >= 0.3 is 6.18 Å². The molecule has 1 saturated heterocycles. The average Bonchev–Trinajstić information content (AvgIpc) is 2.65. The fourth-order valence-corrected chi connectivity index (χ4v) is 5.27. The molecule has 2 bridgehead atoms. The van der Waals surface area contributed by atoms with E-state index in [1.54, 1.807) is 0 Å². The van der Waals surface area contributed by atoms with Crippen molar-refractivity contribution in [3.05, 3.63) is 11.6 Å². The van der Waals surface area contributed by atoms with Crippen LogP contribution in [0.3, 0.4) is 0 Å². The van der Waals surface area contributed by atoms with Gasteiger partial charge < -0.3 is 4.74 Å². The summed E-state index contributed by atoms with van der Waals surface area (Å²) in [5.74, 6) is 0.576. The van der Waals surface area contributed by atoms with Crippen LogP contribution in [0.2, 0.25) is 0 Å². The first-order chi connectivity index (χ1) is 10.6. The molecule has 3 rings (SSSR count). The normalized spacial score (nSPS) is 39.0. The summed E-state index contributed by atoms with van der Waals surface area (Å²) >= 11 is 0. The van der Waals surface area contributed by atoms with Gasteiger partial charge in [-0.25, -0.2) is 0 Å². The van der Waals surface area contributed by atoms with Crippen LogP contribution >= 0.6 is 0 Å². The zero-order chi connectivity index (χ0) is 16.9. The smallest absolute Gasteiger partial charge is 0.364 e. The van der Waals surface area contributed by atoms with E-state index in [2.05, 4.69) is 26.8 Å². The molecule has 0 amide bonds. The van der Waals surface area contributed by atoms with E-state index in [0.717, 1.165) is 25.7 Å². The molecule has 1 nitrogen and oxygen atoms in total. The van der Waals surface area contributed by atoms with Gasteiger partial charge in [-0.05, 0) is 76.7 Å². The molecule has 0 aromatic carbocycles. The molecule has 0 aromatic heterocycles. The van der Waals surface area contributed by atoms with Crippen molar-refractivity contribution < 1.29 is 17.9 Å². The number of rotatable bonds is 4. The summed E-state index contributed by atoms with van der Waals surface area (Å²) in [5, 5.41) is 0. The van der Waals surface area contributed by atoms with Crippen LogP contribution in [-0.4, -0.2) is 17.4 Å². The standard InChI is InChI=1S/C19H29F3O/c1-16(2)15-9-12-17(3)10-6-8-14(18(17,13-15)23-16)7-4-5-11-19(20,21)22/h8,15H,4-7,9-13H2,1-3H3/t15-,17+,18+/m1/s1. The number of alkyl halides is 3. The van der Waals surface area contributed by atoms with E-state index in [9.17, 15) is 13.2 Å². The number of hydrogen-bond donors (Lipinski definition) is 0. The molecule has 0 aromatic rings. The van der Waals surface area contributed by atoms with Gasteiger partial charge in [-0.1, -0.05) is 13.0 Å². The first-order valence-corrected chi connectivity index (χ1v) is 9.05. The molecule has 1 spiro atoms. The minimum Gasteiger partial charge on any atom is -0.364 e. The van der Waals surface area contributed by atoms with Gasteiger partial charge in [0.2, 0.25) is 0 Å². The second-order valence-corrected chi connectivity index (χ2v) is 8.62. The number of halogens is 3. The van der Waals surface area contributed by atoms with Gasteiger partial charge in [0.05, 0.1) is 11.2 Å². The summed E-state index contributed by atoms with van der Waals surface area (Å²) < 4.78 is 43.8. The van der Waals surface area contributed by atoms with Gasteiger partial charge in [0, 0.05) is 11.8 Å². The summed E-state index contributed by atoms with van der Waals surface area (Å²) in [5.41, 5.74) is 1.13. The Balaban J connectivity index is 1.74. The molecular weight excluding hydrogens is 301 g/mol. The molecule has 0 unspecified atom stereocenters. The molecule has 2 aliphatic carbocycles. The molecular formula is C19H29F3O. The Kier molecular flexibility index (Phi) is 4.14. The van der Waals surface area contributed by atoms with Crippen LogP contribution in [-0.2, 0) is 4.74 Å². The topological polar surface area (TPSA) is 9.23 Å². The minimum absolute atomic E-state index is 0.111. The van der Waals surface area contributed by atoms with Gasteiger partial charge in [-0.15, -0.1) is 0 Å². The largest absolute Gasteiger partial charge is 0.389 e. The Labute approximate surface area is 137 Å². The van der Waals surface area contributed by atoms with Gasteiger partial charge in [0.15, 0.2) is 0 Å². The maximum Gasteiger partial charge on any atom is 0.389 e. The van der Waals surface area contributed by atoms with Gasteiger partial charge in [0.1, 0.15) is 0 Å². The maximum absolute atomic E-state index is 12.4.